The maximum absolute atomic E-state index is 12.2. The van der Waals surface area contributed by atoms with E-state index in [1.165, 1.54) is 17.1 Å². The molecule has 5 heteroatoms. The van der Waals surface area contributed by atoms with Gasteiger partial charge in [0.15, 0.2) is 0 Å². The number of amides is 1. The monoisotopic (exact) mass is 344 g/mol. The number of nitrogens with two attached hydrogens (primary N) is 1. The lowest BCUT2D eigenvalue weighted by Gasteiger charge is -2.14. The van der Waals surface area contributed by atoms with Crippen LogP contribution in [0.15, 0.2) is 54.6 Å². The predicted molar refractivity (Wildman–Crippen MR) is 101 cm³/mol. The minimum atomic E-state index is -0.277. The molecule has 3 N–H and O–H groups in total. The Morgan fingerprint density at radius 1 is 1.13 bits per heavy atom. The molecule has 2 aromatic carbocycles. The highest BCUT2D eigenvalue weighted by atomic mass is 32.2. The van der Waals surface area contributed by atoms with E-state index in [0.29, 0.717) is 4.58 Å². The van der Waals surface area contributed by atoms with Crippen LogP contribution in [0.1, 0.15) is 28.2 Å². The lowest BCUT2D eigenvalue weighted by molar-refractivity contribution is -0.116. The van der Waals surface area contributed by atoms with Crippen LogP contribution in [0.3, 0.4) is 0 Å². The van der Waals surface area contributed by atoms with E-state index in [1.54, 1.807) is 0 Å². The van der Waals surface area contributed by atoms with Crippen LogP contribution in [-0.2, 0) is 4.79 Å². The van der Waals surface area contributed by atoms with Crippen molar-refractivity contribution in [2.75, 3.05) is 16.8 Å². The molecule has 3 rings (SSSR count). The molecule has 0 spiro atoms. The first-order valence-corrected chi connectivity index (χ1v) is 9.75. The molecule has 0 aliphatic carbocycles. The third-order valence-corrected chi connectivity index (χ3v) is 6.80. The average molecular weight is 345 g/mol. The van der Waals surface area contributed by atoms with Gasteiger partial charge < -0.3 is 11.1 Å². The maximum Gasteiger partial charge on any atom is 0.226 e. The zero-order valence-corrected chi connectivity index (χ0v) is 14.4. The lowest BCUT2D eigenvalue weighted by Crippen LogP contribution is -2.20. The first-order chi connectivity index (χ1) is 11.2. The molecule has 23 heavy (non-hydrogen) atoms. The van der Waals surface area contributed by atoms with Crippen LogP contribution < -0.4 is 11.1 Å². The number of rotatable bonds is 5. The third-order valence-electron chi connectivity index (χ3n) is 3.70. The Kier molecular flexibility index (Phi) is 5.65. The molecule has 1 saturated heterocycles. The highest BCUT2D eigenvalue weighted by Crippen LogP contribution is 2.45. The van der Waals surface area contributed by atoms with Gasteiger partial charge in [0, 0.05) is 29.7 Å². The van der Waals surface area contributed by atoms with Crippen molar-refractivity contribution < 1.29 is 4.79 Å². The summed E-state index contributed by atoms with van der Waals surface area (Å²) in [5.41, 5.74) is 9.21. The van der Waals surface area contributed by atoms with Gasteiger partial charge in [-0.25, -0.2) is 0 Å². The molecule has 1 fully saturated rings. The third kappa shape index (κ3) is 4.53. The number of hydrogen-bond donors (Lipinski definition) is 2. The van der Waals surface area contributed by atoms with Gasteiger partial charge in [-0.2, -0.15) is 0 Å². The summed E-state index contributed by atoms with van der Waals surface area (Å²) in [6.07, 6.45) is 0.279. The smallest absolute Gasteiger partial charge is 0.226 e. The molecular weight excluding hydrogens is 324 g/mol. The van der Waals surface area contributed by atoms with E-state index < -0.39 is 0 Å². The van der Waals surface area contributed by atoms with Crippen molar-refractivity contribution in [1.29, 1.82) is 0 Å². The second kappa shape index (κ2) is 7.90. The van der Waals surface area contributed by atoms with Crippen molar-refractivity contribution in [3.63, 3.8) is 0 Å². The second-order valence-electron chi connectivity index (χ2n) is 5.47. The van der Waals surface area contributed by atoms with Crippen LogP contribution in [-0.4, -0.2) is 17.4 Å². The molecule has 120 valence electrons. The van der Waals surface area contributed by atoms with Crippen molar-refractivity contribution in [2.24, 2.45) is 5.73 Å². The standard InChI is InChI=1S/C18H20N2OS2/c19-16(13-5-2-1-3-6-13)12-17(21)20-15-8-4-7-14(11-15)18-22-9-10-23-18/h1-8,11,16,18H,9-10,12,19H2,(H,20,21). The summed E-state index contributed by atoms with van der Waals surface area (Å²) in [5.74, 6) is 2.33. The van der Waals surface area contributed by atoms with Crippen LogP contribution >= 0.6 is 23.5 Å². The van der Waals surface area contributed by atoms with E-state index in [0.717, 1.165) is 11.3 Å². The van der Waals surface area contributed by atoms with Gasteiger partial charge in [-0.15, -0.1) is 23.5 Å². The van der Waals surface area contributed by atoms with Crippen LogP contribution in [0, 0.1) is 0 Å². The van der Waals surface area contributed by atoms with Crippen LogP contribution in [0.25, 0.3) is 0 Å². The topological polar surface area (TPSA) is 55.1 Å². The summed E-state index contributed by atoms with van der Waals surface area (Å²) in [7, 11) is 0. The van der Waals surface area contributed by atoms with Crippen LogP contribution in [0.2, 0.25) is 0 Å². The summed E-state index contributed by atoms with van der Waals surface area (Å²) in [5, 5.41) is 2.97. The first kappa shape index (κ1) is 16.4. The van der Waals surface area contributed by atoms with Gasteiger partial charge in [0.25, 0.3) is 0 Å². The zero-order chi connectivity index (χ0) is 16.1. The van der Waals surface area contributed by atoms with Crippen molar-refractivity contribution in [3.8, 4) is 0 Å². The van der Waals surface area contributed by atoms with Crippen molar-refractivity contribution in [2.45, 2.75) is 17.0 Å². The fraction of sp³-hybridized carbons (Fsp3) is 0.278. The van der Waals surface area contributed by atoms with Gasteiger partial charge in [0.2, 0.25) is 5.91 Å². The summed E-state index contributed by atoms with van der Waals surface area (Å²) in [6.45, 7) is 0. The minimum Gasteiger partial charge on any atom is -0.326 e. The Bertz CT molecular complexity index is 657. The molecule has 1 heterocycles. The van der Waals surface area contributed by atoms with E-state index in [4.69, 9.17) is 5.73 Å². The van der Waals surface area contributed by atoms with E-state index in [2.05, 4.69) is 17.4 Å². The normalized spacial score (nSPS) is 16.2. The minimum absolute atomic E-state index is 0.0507. The Morgan fingerprint density at radius 3 is 2.61 bits per heavy atom. The van der Waals surface area contributed by atoms with Gasteiger partial charge in [-0.3, -0.25) is 4.79 Å². The van der Waals surface area contributed by atoms with Crippen molar-refractivity contribution in [3.05, 3.63) is 65.7 Å². The summed E-state index contributed by atoms with van der Waals surface area (Å²) < 4.78 is 0.485. The molecule has 1 amide bonds. The summed E-state index contributed by atoms with van der Waals surface area (Å²) in [6, 6.07) is 17.6. The van der Waals surface area contributed by atoms with Crippen LogP contribution in [0.4, 0.5) is 5.69 Å². The average Bonchev–Trinajstić information content (AvgIpc) is 3.10. The Hall–Kier alpha value is -1.43. The zero-order valence-electron chi connectivity index (χ0n) is 12.8. The molecule has 1 atom stereocenters. The fourth-order valence-electron chi connectivity index (χ4n) is 2.54. The molecular formula is C18H20N2OS2. The SMILES string of the molecule is NC(CC(=O)Nc1cccc(C2SCCS2)c1)c1ccccc1. The largest absolute Gasteiger partial charge is 0.326 e. The molecule has 1 aliphatic heterocycles. The molecule has 0 radical (unpaired) electrons. The Morgan fingerprint density at radius 2 is 1.87 bits per heavy atom. The number of benzene rings is 2. The second-order valence-corrected chi connectivity index (χ2v) is 8.19. The number of carbonyl (C=O) groups excluding carboxylic acids is 1. The molecule has 0 aromatic heterocycles. The summed E-state index contributed by atoms with van der Waals surface area (Å²) >= 11 is 3.92. The molecule has 1 aliphatic rings. The van der Waals surface area contributed by atoms with Gasteiger partial charge in [-0.1, -0.05) is 42.5 Å². The Balaban J connectivity index is 1.60. The lowest BCUT2D eigenvalue weighted by atomic mass is 10.0. The Labute approximate surface area is 145 Å². The molecule has 0 saturated carbocycles. The quantitative estimate of drug-likeness (QED) is 0.854. The molecule has 0 bridgehead atoms. The fourth-order valence-corrected chi connectivity index (χ4v) is 5.38. The number of nitrogens with one attached hydrogen (secondary N) is 1. The first-order valence-electron chi connectivity index (χ1n) is 7.66. The van der Waals surface area contributed by atoms with Gasteiger partial charge in [0.05, 0.1) is 4.58 Å². The van der Waals surface area contributed by atoms with E-state index in [9.17, 15) is 4.79 Å². The van der Waals surface area contributed by atoms with E-state index in [-0.39, 0.29) is 18.4 Å². The predicted octanol–water partition coefficient (Wildman–Crippen LogP) is 4.19. The van der Waals surface area contributed by atoms with Crippen LogP contribution in [0.5, 0.6) is 0 Å². The highest BCUT2D eigenvalue weighted by Gasteiger charge is 2.18. The number of thioether (sulfide) groups is 2. The van der Waals surface area contributed by atoms with Crippen molar-refractivity contribution in [1.82, 2.24) is 0 Å². The molecule has 3 nitrogen and oxygen atoms in total. The highest BCUT2D eigenvalue weighted by molar-refractivity contribution is 8.19. The van der Waals surface area contributed by atoms with Gasteiger partial charge in [-0.05, 0) is 23.3 Å². The maximum atomic E-state index is 12.2. The van der Waals surface area contributed by atoms with E-state index >= 15 is 0 Å². The number of hydrogen-bond acceptors (Lipinski definition) is 4. The molecule has 2 aromatic rings. The van der Waals surface area contributed by atoms with E-state index in [1.807, 2.05) is 66.0 Å². The summed E-state index contributed by atoms with van der Waals surface area (Å²) in [4.78, 5) is 12.2. The van der Waals surface area contributed by atoms with Crippen molar-refractivity contribution >= 4 is 35.1 Å². The number of anilines is 1. The van der Waals surface area contributed by atoms with Gasteiger partial charge in [0.1, 0.15) is 0 Å². The van der Waals surface area contributed by atoms with Gasteiger partial charge >= 0.3 is 0 Å². The number of carbonyl (C=O) groups is 1. The molecule has 1 unspecified atom stereocenters.